The molecule has 22 valence electrons. The number of nitriles is 1. The predicted molar refractivity (Wildman–Crippen MR) is 10.5 cm³/mol. The van der Waals surface area contributed by atoms with Gasteiger partial charge in [0.1, 0.15) is 0 Å². The topological polar surface area (TPSA) is 46.8 Å². The van der Waals surface area contributed by atoms with Crippen LogP contribution in [-0.4, -0.2) is 6.61 Å². The number of nitrogens with zero attached hydrogens (tertiary/aromatic N) is 1. The molecular weight excluding hydrogens is 77.0 g/mol. The van der Waals surface area contributed by atoms with Gasteiger partial charge in [-0.05, 0) is 6.61 Å². The molecule has 0 aromatic heterocycles. The third kappa shape index (κ3) is 12.7. The zero-order valence-electron chi connectivity index (χ0n) is 3.06. The average Bonchev–Trinajstić information content (AvgIpc) is 1.37. The van der Waals surface area contributed by atoms with Gasteiger partial charge in [0.2, 0.25) is 0 Å². The van der Waals surface area contributed by atoms with E-state index in [2.05, 4.69) is 0 Å². The van der Waals surface area contributed by atoms with Gasteiger partial charge < -0.3 is 5.11 Å². The van der Waals surface area contributed by atoms with Crippen molar-refractivity contribution in [1.82, 2.24) is 0 Å². The maximum atomic E-state index is 8.94. The smallest absolute Gasteiger partial charge is 0.844 e. The van der Waals surface area contributed by atoms with E-state index in [9.17, 15) is 0 Å². The second kappa shape index (κ2) is 8.82. The first-order valence-electron chi connectivity index (χ1n) is 0.866. The average molecular weight is 79.0 g/mol. The van der Waals surface area contributed by atoms with E-state index in [1.54, 1.807) is 0 Å². The van der Waals surface area contributed by atoms with E-state index < -0.39 is 6.61 Å². The molecule has 0 atom stereocenters. The fraction of sp³-hybridized carbons (Fsp3) is 0.500. The van der Waals surface area contributed by atoms with Crippen LogP contribution in [0.2, 0.25) is 0 Å². The molecule has 0 radical (unpaired) electrons. The van der Waals surface area contributed by atoms with Crippen molar-refractivity contribution in [2.24, 2.45) is 0 Å². The molecule has 0 fully saturated rings. The molecule has 0 aromatic rings. The van der Waals surface area contributed by atoms with Crippen molar-refractivity contribution in [2.75, 3.05) is 6.61 Å². The molecule has 0 unspecified atom stereocenters. The Kier molecular flexibility index (Phi) is 16.0. The summed E-state index contributed by atoms with van der Waals surface area (Å²) in [6, 6.07) is 1.38. The molecule has 0 aliphatic heterocycles. The quantitative estimate of drug-likeness (QED) is 0.277. The Morgan fingerprint density at radius 1 is 1.80 bits per heavy atom. The van der Waals surface area contributed by atoms with Gasteiger partial charge in [0.05, 0.1) is 0 Å². The van der Waals surface area contributed by atoms with Crippen molar-refractivity contribution in [3.63, 3.8) is 0 Å². The maximum absolute atomic E-state index is 8.94. The second-order valence-corrected chi connectivity index (χ2v) is 0.302. The molecule has 0 heterocycles. The van der Waals surface area contributed by atoms with Gasteiger partial charge in [-0.3, -0.25) is 0 Å². The minimum atomic E-state index is -0.625. The van der Waals surface area contributed by atoms with E-state index in [-0.39, 0.29) is 29.6 Å². The van der Waals surface area contributed by atoms with E-state index in [1.165, 1.54) is 6.07 Å². The van der Waals surface area contributed by atoms with Gasteiger partial charge >= 0.3 is 29.6 Å². The van der Waals surface area contributed by atoms with E-state index >= 15 is 0 Å². The molecule has 5 heavy (non-hydrogen) atoms. The summed E-state index contributed by atoms with van der Waals surface area (Å²) in [5.41, 5.74) is 0. The van der Waals surface area contributed by atoms with Gasteiger partial charge in [-0.2, -0.15) is 5.26 Å². The molecule has 0 spiro atoms. The SMILES string of the molecule is N#CC[O-].[Na+]. The third-order valence-corrected chi connectivity index (χ3v) is 0.0645. The van der Waals surface area contributed by atoms with E-state index in [0.29, 0.717) is 0 Å². The predicted octanol–water partition coefficient (Wildman–Crippen LogP) is -4.13. The van der Waals surface area contributed by atoms with E-state index in [1.807, 2.05) is 0 Å². The van der Waals surface area contributed by atoms with Crippen molar-refractivity contribution in [3.05, 3.63) is 0 Å². The van der Waals surface area contributed by atoms with E-state index in [0.717, 1.165) is 0 Å². The van der Waals surface area contributed by atoms with Crippen LogP contribution in [0.4, 0.5) is 0 Å². The Balaban J connectivity index is 0. The standard InChI is InChI=1S/C2H2NO.Na/c3-1-2-4;/h2H2;/q-1;+1. The molecule has 0 saturated carbocycles. The molecule has 0 rings (SSSR count). The van der Waals surface area contributed by atoms with Crippen molar-refractivity contribution < 1.29 is 34.7 Å². The summed E-state index contributed by atoms with van der Waals surface area (Å²) in [6.07, 6.45) is 0. The summed E-state index contributed by atoms with van der Waals surface area (Å²) < 4.78 is 0. The fourth-order valence-corrected chi connectivity index (χ4v) is 0. The van der Waals surface area contributed by atoms with Crippen LogP contribution in [0.15, 0.2) is 0 Å². The first-order valence-corrected chi connectivity index (χ1v) is 0.866. The largest absolute Gasteiger partial charge is 1.00 e. The monoisotopic (exact) mass is 79.0 g/mol. The Bertz CT molecular complexity index is 39.4. The molecule has 0 amide bonds. The minimum absolute atomic E-state index is 0. The summed E-state index contributed by atoms with van der Waals surface area (Å²) in [5, 5.41) is 16.2. The van der Waals surface area contributed by atoms with Crippen LogP contribution >= 0.6 is 0 Å². The van der Waals surface area contributed by atoms with Gasteiger partial charge in [0.25, 0.3) is 0 Å². The number of rotatable bonds is 0. The van der Waals surface area contributed by atoms with Crippen LogP contribution in [-0.2, 0) is 0 Å². The summed E-state index contributed by atoms with van der Waals surface area (Å²) >= 11 is 0. The zero-order chi connectivity index (χ0) is 3.41. The maximum Gasteiger partial charge on any atom is 1.00 e. The summed E-state index contributed by atoms with van der Waals surface area (Å²) in [7, 11) is 0. The summed E-state index contributed by atoms with van der Waals surface area (Å²) in [4.78, 5) is 0. The van der Waals surface area contributed by atoms with Crippen molar-refractivity contribution in [1.29, 1.82) is 5.26 Å². The first kappa shape index (κ1) is 9.07. The second-order valence-electron chi connectivity index (χ2n) is 0.302. The fourth-order valence-electron chi connectivity index (χ4n) is 0. The Morgan fingerprint density at radius 3 is 2.00 bits per heavy atom. The summed E-state index contributed by atoms with van der Waals surface area (Å²) in [5.74, 6) is 0. The Morgan fingerprint density at radius 2 is 2.00 bits per heavy atom. The molecule has 0 aliphatic rings. The minimum Gasteiger partial charge on any atom is -0.844 e. The van der Waals surface area contributed by atoms with Crippen molar-refractivity contribution in [3.8, 4) is 6.07 Å². The normalized spacial score (nSPS) is 4.00. The van der Waals surface area contributed by atoms with Crippen molar-refractivity contribution in [2.45, 2.75) is 0 Å². The Labute approximate surface area is 52.7 Å². The van der Waals surface area contributed by atoms with Crippen LogP contribution in [0.3, 0.4) is 0 Å². The molecule has 0 bridgehead atoms. The van der Waals surface area contributed by atoms with Crippen LogP contribution in [0, 0.1) is 11.3 Å². The Hall–Kier alpha value is 0.450. The van der Waals surface area contributed by atoms with Crippen LogP contribution in [0.5, 0.6) is 0 Å². The van der Waals surface area contributed by atoms with Crippen molar-refractivity contribution >= 4 is 0 Å². The van der Waals surface area contributed by atoms with Gasteiger partial charge in [-0.15, -0.1) is 0 Å². The number of hydrogen-bond donors (Lipinski definition) is 0. The van der Waals surface area contributed by atoms with Crippen LogP contribution < -0.4 is 34.7 Å². The molecular formula is C2H2NNaO. The first-order chi connectivity index (χ1) is 1.91. The van der Waals surface area contributed by atoms with Gasteiger partial charge in [-0.25, -0.2) is 0 Å². The number of hydrogen-bond acceptors (Lipinski definition) is 2. The van der Waals surface area contributed by atoms with E-state index in [4.69, 9.17) is 10.4 Å². The molecule has 2 nitrogen and oxygen atoms in total. The third-order valence-electron chi connectivity index (χ3n) is 0.0645. The van der Waals surface area contributed by atoms with Crippen LogP contribution in [0.25, 0.3) is 0 Å². The summed E-state index contributed by atoms with van der Waals surface area (Å²) in [6.45, 7) is -0.625. The molecule has 0 N–H and O–H groups in total. The van der Waals surface area contributed by atoms with Gasteiger partial charge in [-0.1, -0.05) is 0 Å². The van der Waals surface area contributed by atoms with Gasteiger partial charge in [0.15, 0.2) is 0 Å². The molecule has 0 saturated heterocycles. The van der Waals surface area contributed by atoms with Gasteiger partial charge in [0, 0.05) is 6.07 Å². The molecule has 0 aromatic carbocycles. The zero-order valence-corrected chi connectivity index (χ0v) is 5.06. The van der Waals surface area contributed by atoms with Crippen LogP contribution in [0.1, 0.15) is 0 Å². The molecule has 3 heteroatoms. The molecule has 0 aliphatic carbocycles.